The maximum Gasteiger partial charge on any atom is 0.220 e. The van der Waals surface area contributed by atoms with Gasteiger partial charge in [0.25, 0.3) is 0 Å². The van der Waals surface area contributed by atoms with Crippen molar-refractivity contribution >= 4 is 79.3 Å². The normalized spacial score (nSPS) is 14.8. The molecule has 11 aromatic rings. The van der Waals surface area contributed by atoms with Crippen LogP contribution in [0, 0.1) is 0 Å². The van der Waals surface area contributed by atoms with Gasteiger partial charge in [-0.05, 0) is 63.2 Å². The lowest BCUT2D eigenvalue weighted by atomic mass is 9.68. The van der Waals surface area contributed by atoms with E-state index < -0.39 is 26.2 Å². The molecular weight excluding hydrogens is 803 g/mol. The highest BCUT2D eigenvalue weighted by Gasteiger charge is 2.49. The minimum atomic E-state index is -3.56. The second-order valence-corrected chi connectivity index (χ2v) is 20.6. The first kappa shape index (κ1) is 31.9. The molecule has 0 N–H and O–H groups in total. The van der Waals surface area contributed by atoms with Crippen LogP contribution in [-0.4, -0.2) is 32.0 Å². The van der Waals surface area contributed by atoms with E-state index in [1.54, 1.807) is 29.2 Å². The van der Waals surface area contributed by atoms with Crippen LogP contribution >= 0.6 is 22.7 Å². The molecule has 0 saturated heterocycles. The van der Waals surface area contributed by atoms with Crippen LogP contribution in [0.2, 0.25) is 0 Å². The molecule has 1 aliphatic rings. The van der Waals surface area contributed by atoms with Crippen molar-refractivity contribution in [3.8, 4) is 17.2 Å². The van der Waals surface area contributed by atoms with Crippen LogP contribution in [0.4, 0.5) is 0 Å². The Kier molecular flexibility index (Phi) is 7.53. The fourth-order valence-electron chi connectivity index (χ4n) is 9.38. The summed E-state index contributed by atoms with van der Waals surface area (Å²) >= 11 is 2.35. The zero-order valence-corrected chi connectivity index (χ0v) is 35.1. The highest BCUT2D eigenvalue weighted by Crippen LogP contribution is 2.51. The molecule has 6 nitrogen and oxygen atoms in total. The third-order valence-corrected chi connectivity index (χ3v) is 18.0. The van der Waals surface area contributed by atoms with E-state index >= 15 is 0 Å². The zero-order chi connectivity index (χ0) is 44.0. The molecule has 12 rings (SSSR count). The van der Waals surface area contributed by atoms with Gasteiger partial charge in [0, 0.05) is 63.6 Å². The Labute approximate surface area is 367 Å². The number of hydrogen-bond donors (Lipinski definition) is 0. The number of aromatic nitrogens is 5. The van der Waals surface area contributed by atoms with Gasteiger partial charge in [0.05, 0.1) is 32.1 Å². The van der Waals surface area contributed by atoms with Gasteiger partial charge < -0.3 is 4.74 Å². The first-order chi connectivity index (χ1) is 31.8. The lowest BCUT2D eigenvalue weighted by molar-refractivity contribution is 0.387. The molecule has 0 bridgehead atoms. The predicted octanol–water partition coefficient (Wildman–Crippen LogP) is 9.60. The van der Waals surface area contributed by atoms with Crippen molar-refractivity contribution in [1.29, 1.82) is 0 Å². The van der Waals surface area contributed by atoms with Crippen molar-refractivity contribution in [2.24, 2.45) is 0 Å². The summed E-state index contributed by atoms with van der Waals surface area (Å²) in [4.78, 5) is 14.4. The van der Waals surface area contributed by atoms with Crippen molar-refractivity contribution in [1.82, 2.24) is 23.9 Å². The molecule has 0 fully saturated rings. The summed E-state index contributed by atoms with van der Waals surface area (Å²) in [5, 5.41) is 7.84. The minimum absolute atomic E-state index is 0.158. The zero-order valence-electron chi connectivity index (χ0n) is 36.5. The van der Waals surface area contributed by atoms with Gasteiger partial charge in [-0.15, -0.1) is 22.7 Å². The number of imidazole rings is 2. The van der Waals surface area contributed by atoms with E-state index in [1.165, 1.54) is 22.7 Å². The van der Waals surface area contributed by atoms with Crippen molar-refractivity contribution < 1.29 is 10.2 Å². The van der Waals surface area contributed by atoms with Crippen LogP contribution in [0.5, 0.6) is 11.5 Å². The Morgan fingerprint density at radius 2 is 1.16 bits per heavy atom. The molecule has 0 aliphatic carbocycles. The SMILES string of the molecule is [2H]C([2H])(c1nccs1)C1(C([2H])([2H])c2nccs2)c2ccccc2Oc2c1cccc2[Si](c1ccccc1)(c1ccccc1)c1cccc(-n2c3ccccc3n3c4ccccc4nc23)c1. The number of fused-ring (bicyclic) bond motifs is 7. The molecule has 0 saturated carbocycles. The molecule has 9 heteroatoms. The molecule has 0 spiro atoms. The van der Waals surface area contributed by atoms with Crippen molar-refractivity contribution in [3.05, 3.63) is 220 Å². The molecule has 5 heterocycles. The molecule has 0 radical (unpaired) electrons. The second-order valence-electron chi connectivity index (χ2n) is 15.0. The third-order valence-electron chi connectivity index (χ3n) is 11.8. The number of para-hydroxylation sites is 6. The van der Waals surface area contributed by atoms with Gasteiger partial charge in [-0.25, -0.2) is 15.0 Å². The molecule has 0 amide bonds. The molecule has 4 aromatic heterocycles. The number of benzene rings is 7. The molecule has 1 aliphatic heterocycles. The van der Waals surface area contributed by atoms with Gasteiger partial charge in [0.1, 0.15) is 11.5 Å². The molecule has 7 aromatic carbocycles. The largest absolute Gasteiger partial charge is 0.457 e. The number of nitrogens with zero attached hydrogens (tertiary/aromatic N) is 5. The molecule has 0 atom stereocenters. The van der Waals surface area contributed by atoms with Crippen molar-refractivity contribution in [2.45, 2.75) is 18.2 Å². The fraction of sp³-hybridized carbons (Fsp3) is 0.0577. The smallest absolute Gasteiger partial charge is 0.220 e. The molecule has 0 unspecified atom stereocenters. The van der Waals surface area contributed by atoms with E-state index in [-0.39, 0.29) is 10.0 Å². The standard InChI is InChI=1S/C52H37N5OS2Si/c1-3-16-37(17-4-1)61(38-18-5-2-6-19-38,39-20-13-15-36(33-39)56-44-25-10-11-26-45(44)57-43-24-9-8-23-42(43)55-51(56)57)47-28-14-22-41-50(47)58-46-27-12-7-21-40(46)52(41,34-48-53-29-31-59-48)35-49-54-30-32-60-49/h1-33H,34-35H2/i34D2,35D2. The quantitative estimate of drug-likeness (QED) is 0.107. The number of hydrogen-bond acceptors (Lipinski definition) is 6. The fourth-order valence-corrected chi connectivity index (χ4v) is 15.4. The summed E-state index contributed by atoms with van der Waals surface area (Å²) in [5.41, 5.74) is 3.65. The predicted molar refractivity (Wildman–Crippen MR) is 252 cm³/mol. The van der Waals surface area contributed by atoms with Gasteiger partial charge in [-0.1, -0.05) is 133 Å². The summed E-state index contributed by atoms with van der Waals surface area (Å²) in [6.07, 6.45) is -1.67. The van der Waals surface area contributed by atoms with E-state index in [1.807, 2.05) is 60.7 Å². The Morgan fingerprint density at radius 3 is 1.87 bits per heavy atom. The van der Waals surface area contributed by atoms with Crippen LogP contribution in [-0.2, 0) is 18.2 Å². The summed E-state index contributed by atoms with van der Waals surface area (Å²) in [7, 11) is -3.56. The van der Waals surface area contributed by atoms with Crippen LogP contribution in [0.3, 0.4) is 0 Å². The van der Waals surface area contributed by atoms with E-state index in [2.05, 4.69) is 128 Å². The highest BCUT2D eigenvalue weighted by molar-refractivity contribution is 7.20. The Morgan fingerprint density at radius 1 is 0.574 bits per heavy atom. The second kappa shape index (κ2) is 14.4. The maximum absolute atomic E-state index is 10.3. The van der Waals surface area contributed by atoms with E-state index in [0.29, 0.717) is 22.6 Å². The lowest BCUT2D eigenvalue weighted by Gasteiger charge is -2.43. The van der Waals surface area contributed by atoms with E-state index in [4.69, 9.17) is 9.72 Å². The lowest BCUT2D eigenvalue weighted by Crippen LogP contribution is -2.75. The van der Waals surface area contributed by atoms with Gasteiger partial charge >= 0.3 is 0 Å². The van der Waals surface area contributed by atoms with Crippen LogP contribution in [0.25, 0.3) is 33.5 Å². The Bertz CT molecular complexity index is 3470. The number of thiazole rings is 2. The van der Waals surface area contributed by atoms with Gasteiger partial charge in [0.2, 0.25) is 5.78 Å². The van der Waals surface area contributed by atoms with Gasteiger partial charge in [-0.3, -0.25) is 8.97 Å². The Balaban J connectivity index is 1.22. The first-order valence-corrected chi connectivity index (χ1v) is 23.8. The monoisotopic (exact) mass is 843 g/mol. The van der Waals surface area contributed by atoms with Crippen LogP contribution in [0.15, 0.2) is 199 Å². The highest BCUT2D eigenvalue weighted by atomic mass is 32.1. The number of rotatable bonds is 9. The van der Waals surface area contributed by atoms with Crippen molar-refractivity contribution in [3.63, 3.8) is 0 Å². The average molecular weight is 844 g/mol. The first-order valence-electron chi connectivity index (χ1n) is 22.1. The van der Waals surface area contributed by atoms with E-state index in [9.17, 15) is 5.48 Å². The Hall–Kier alpha value is -6.91. The molecular formula is C52H37N5OS2Si. The average Bonchev–Trinajstić information content (AvgIpc) is 4.19. The molecule has 292 valence electrons. The minimum Gasteiger partial charge on any atom is -0.457 e. The summed E-state index contributed by atoms with van der Waals surface area (Å²) in [6.45, 7) is 0. The van der Waals surface area contributed by atoms with Crippen LogP contribution in [0.1, 0.15) is 26.6 Å². The summed E-state index contributed by atoms with van der Waals surface area (Å²) in [5.74, 6) is 1.59. The summed E-state index contributed by atoms with van der Waals surface area (Å²) in [6, 6.07) is 59.6. The maximum atomic E-state index is 10.3. The number of ether oxygens (including phenoxy) is 1. The van der Waals surface area contributed by atoms with E-state index in [0.717, 1.165) is 54.3 Å². The van der Waals surface area contributed by atoms with Crippen LogP contribution < -0.4 is 25.5 Å². The van der Waals surface area contributed by atoms with Gasteiger partial charge in [0.15, 0.2) is 8.07 Å². The van der Waals surface area contributed by atoms with Gasteiger partial charge in [-0.2, -0.15) is 0 Å². The third kappa shape index (κ3) is 5.54. The molecule has 61 heavy (non-hydrogen) atoms. The van der Waals surface area contributed by atoms with Crippen molar-refractivity contribution in [2.75, 3.05) is 0 Å². The summed E-state index contributed by atoms with van der Waals surface area (Å²) < 4.78 is 53.1. The topological polar surface area (TPSA) is 57.2 Å².